The van der Waals surface area contributed by atoms with Crippen LogP contribution in [0.15, 0.2) is 77.4 Å². The van der Waals surface area contributed by atoms with Crippen molar-refractivity contribution in [3.63, 3.8) is 0 Å². The van der Waals surface area contributed by atoms with Crippen molar-refractivity contribution < 1.29 is 4.42 Å². The van der Waals surface area contributed by atoms with E-state index in [1.54, 1.807) is 6.26 Å². The summed E-state index contributed by atoms with van der Waals surface area (Å²) >= 11 is 0. The van der Waals surface area contributed by atoms with Gasteiger partial charge in [0.1, 0.15) is 5.76 Å². The maximum Gasteiger partial charge on any atom is 0.125 e. The van der Waals surface area contributed by atoms with Gasteiger partial charge in [0.2, 0.25) is 0 Å². The van der Waals surface area contributed by atoms with Crippen molar-refractivity contribution in [3.8, 4) is 11.1 Å². The lowest BCUT2D eigenvalue weighted by atomic mass is 10.1. The standard InChI is InChI=1S/C18H17NO/c1-14(18-8-5-13-20-18)19-17-11-9-16(10-12-17)15-6-3-2-4-7-15/h2-14,19H,1H3. The maximum absolute atomic E-state index is 5.40. The van der Waals surface area contributed by atoms with E-state index in [1.807, 2.05) is 18.2 Å². The van der Waals surface area contributed by atoms with Crippen LogP contribution in [0.3, 0.4) is 0 Å². The van der Waals surface area contributed by atoms with Gasteiger partial charge in [-0.2, -0.15) is 0 Å². The lowest BCUT2D eigenvalue weighted by Crippen LogP contribution is -2.05. The topological polar surface area (TPSA) is 25.2 Å². The third kappa shape index (κ3) is 2.75. The van der Waals surface area contributed by atoms with Crippen molar-refractivity contribution in [2.45, 2.75) is 13.0 Å². The van der Waals surface area contributed by atoms with E-state index in [4.69, 9.17) is 4.42 Å². The molecule has 100 valence electrons. The highest BCUT2D eigenvalue weighted by Gasteiger charge is 2.07. The molecule has 3 rings (SSSR count). The zero-order valence-electron chi connectivity index (χ0n) is 11.4. The van der Waals surface area contributed by atoms with Crippen molar-refractivity contribution in [1.82, 2.24) is 0 Å². The second-order valence-electron chi connectivity index (χ2n) is 4.82. The first-order valence-electron chi connectivity index (χ1n) is 6.78. The fourth-order valence-corrected chi connectivity index (χ4v) is 2.25. The lowest BCUT2D eigenvalue weighted by molar-refractivity contribution is 0.490. The molecule has 0 aliphatic carbocycles. The van der Waals surface area contributed by atoms with Gasteiger partial charge in [-0.05, 0) is 42.3 Å². The summed E-state index contributed by atoms with van der Waals surface area (Å²) in [5.41, 5.74) is 3.55. The van der Waals surface area contributed by atoms with Crippen molar-refractivity contribution in [2.75, 3.05) is 5.32 Å². The Morgan fingerprint density at radius 1 is 0.800 bits per heavy atom. The normalized spacial score (nSPS) is 12.1. The molecule has 2 heteroatoms. The first-order valence-corrected chi connectivity index (χ1v) is 6.78. The Kier molecular flexibility index (Phi) is 3.55. The van der Waals surface area contributed by atoms with Crippen LogP contribution in [0, 0.1) is 0 Å². The van der Waals surface area contributed by atoms with E-state index < -0.39 is 0 Å². The lowest BCUT2D eigenvalue weighted by Gasteiger charge is -2.13. The zero-order chi connectivity index (χ0) is 13.8. The third-order valence-corrected chi connectivity index (χ3v) is 3.35. The second-order valence-corrected chi connectivity index (χ2v) is 4.82. The number of benzene rings is 2. The van der Waals surface area contributed by atoms with Gasteiger partial charge in [0.25, 0.3) is 0 Å². The fourth-order valence-electron chi connectivity index (χ4n) is 2.25. The Bertz CT molecular complexity index is 642. The van der Waals surface area contributed by atoms with E-state index in [2.05, 4.69) is 60.8 Å². The summed E-state index contributed by atoms with van der Waals surface area (Å²) in [6, 6.07) is 22.9. The molecule has 0 fully saturated rings. The number of nitrogens with one attached hydrogen (secondary N) is 1. The molecule has 0 spiro atoms. The van der Waals surface area contributed by atoms with Gasteiger partial charge >= 0.3 is 0 Å². The Morgan fingerprint density at radius 3 is 2.15 bits per heavy atom. The SMILES string of the molecule is CC(Nc1ccc(-c2ccccc2)cc1)c1ccco1. The van der Waals surface area contributed by atoms with Crippen LogP contribution in [0.2, 0.25) is 0 Å². The van der Waals surface area contributed by atoms with Gasteiger partial charge in [-0.25, -0.2) is 0 Å². The molecule has 0 bridgehead atoms. The highest BCUT2D eigenvalue weighted by molar-refractivity contribution is 5.65. The van der Waals surface area contributed by atoms with Gasteiger partial charge in [-0.1, -0.05) is 42.5 Å². The molecule has 0 saturated carbocycles. The Labute approximate surface area is 119 Å². The summed E-state index contributed by atoms with van der Waals surface area (Å²) < 4.78 is 5.40. The minimum atomic E-state index is 0.160. The van der Waals surface area contributed by atoms with Crippen LogP contribution in [0.5, 0.6) is 0 Å². The minimum Gasteiger partial charge on any atom is -0.467 e. The molecular formula is C18H17NO. The Balaban J connectivity index is 1.74. The molecule has 1 heterocycles. The van der Waals surface area contributed by atoms with E-state index in [0.29, 0.717) is 0 Å². The molecule has 0 aliphatic heterocycles. The summed E-state index contributed by atoms with van der Waals surface area (Å²) in [4.78, 5) is 0. The molecule has 1 unspecified atom stereocenters. The molecule has 2 nitrogen and oxygen atoms in total. The maximum atomic E-state index is 5.40. The molecule has 3 aromatic rings. The summed E-state index contributed by atoms with van der Waals surface area (Å²) in [6.07, 6.45) is 1.70. The molecule has 20 heavy (non-hydrogen) atoms. The van der Waals surface area contributed by atoms with Crippen LogP contribution in [-0.2, 0) is 0 Å². The largest absolute Gasteiger partial charge is 0.467 e. The van der Waals surface area contributed by atoms with Crippen molar-refractivity contribution in [1.29, 1.82) is 0 Å². The molecule has 1 aromatic heterocycles. The van der Waals surface area contributed by atoms with E-state index >= 15 is 0 Å². The van der Waals surface area contributed by atoms with Crippen LogP contribution < -0.4 is 5.32 Å². The highest BCUT2D eigenvalue weighted by Crippen LogP contribution is 2.23. The number of anilines is 1. The predicted molar refractivity (Wildman–Crippen MR) is 82.6 cm³/mol. The van der Waals surface area contributed by atoms with Crippen LogP contribution in [0.25, 0.3) is 11.1 Å². The first-order chi connectivity index (χ1) is 9.83. The average Bonchev–Trinajstić information content (AvgIpc) is 3.03. The average molecular weight is 263 g/mol. The third-order valence-electron chi connectivity index (χ3n) is 3.35. The molecular weight excluding hydrogens is 246 g/mol. The quantitative estimate of drug-likeness (QED) is 0.706. The predicted octanol–water partition coefficient (Wildman–Crippen LogP) is 5.12. The van der Waals surface area contributed by atoms with Gasteiger partial charge in [0, 0.05) is 5.69 Å². The molecule has 0 saturated heterocycles. The molecule has 0 aliphatic rings. The molecule has 0 amide bonds. The molecule has 2 aromatic carbocycles. The fraction of sp³-hybridized carbons (Fsp3) is 0.111. The van der Waals surface area contributed by atoms with E-state index in [-0.39, 0.29) is 6.04 Å². The van der Waals surface area contributed by atoms with Crippen LogP contribution in [0.4, 0.5) is 5.69 Å². The summed E-state index contributed by atoms with van der Waals surface area (Å²) in [7, 11) is 0. The Hall–Kier alpha value is -2.48. The van der Waals surface area contributed by atoms with Gasteiger partial charge in [-0.3, -0.25) is 0 Å². The van der Waals surface area contributed by atoms with Crippen LogP contribution in [0.1, 0.15) is 18.7 Å². The minimum absolute atomic E-state index is 0.160. The van der Waals surface area contributed by atoms with Crippen molar-refractivity contribution >= 4 is 5.69 Å². The van der Waals surface area contributed by atoms with E-state index in [9.17, 15) is 0 Å². The van der Waals surface area contributed by atoms with E-state index in [1.165, 1.54) is 11.1 Å². The first kappa shape index (κ1) is 12.5. The number of rotatable bonds is 4. The van der Waals surface area contributed by atoms with Gasteiger partial charge in [-0.15, -0.1) is 0 Å². The molecule has 0 radical (unpaired) electrons. The van der Waals surface area contributed by atoms with Crippen LogP contribution in [-0.4, -0.2) is 0 Å². The second kappa shape index (κ2) is 5.66. The van der Waals surface area contributed by atoms with E-state index in [0.717, 1.165) is 11.4 Å². The monoisotopic (exact) mass is 263 g/mol. The number of furan rings is 1. The highest BCUT2D eigenvalue weighted by atomic mass is 16.3. The molecule has 1 atom stereocenters. The Morgan fingerprint density at radius 2 is 1.50 bits per heavy atom. The van der Waals surface area contributed by atoms with Gasteiger partial charge in [0.05, 0.1) is 12.3 Å². The zero-order valence-corrected chi connectivity index (χ0v) is 11.4. The smallest absolute Gasteiger partial charge is 0.125 e. The van der Waals surface area contributed by atoms with Gasteiger partial charge < -0.3 is 9.73 Å². The number of hydrogen-bond acceptors (Lipinski definition) is 2. The molecule has 1 N–H and O–H groups in total. The van der Waals surface area contributed by atoms with Gasteiger partial charge in [0.15, 0.2) is 0 Å². The van der Waals surface area contributed by atoms with Crippen molar-refractivity contribution in [2.24, 2.45) is 0 Å². The summed E-state index contributed by atoms with van der Waals surface area (Å²) in [5, 5.41) is 3.43. The summed E-state index contributed by atoms with van der Waals surface area (Å²) in [5.74, 6) is 0.942. The number of hydrogen-bond donors (Lipinski definition) is 1. The van der Waals surface area contributed by atoms with Crippen molar-refractivity contribution in [3.05, 3.63) is 78.8 Å². The van der Waals surface area contributed by atoms with Crippen LogP contribution >= 0.6 is 0 Å². The summed E-state index contributed by atoms with van der Waals surface area (Å²) in [6.45, 7) is 2.09.